The maximum atomic E-state index is 14.0. The summed E-state index contributed by atoms with van der Waals surface area (Å²) < 4.78 is 40.9. The van der Waals surface area contributed by atoms with Crippen LogP contribution in [0.2, 0.25) is 0 Å². The van der Waals surface area contributed by atoms with Gasteiger partial charge >= 0.3 is 0 Å². The van der Waals surface area contributed by atoms with Gasteiger partial charge in [-0.15, -0.1) is 11.3 Å². The normalized spacial score (nSPS) is 14.1. The summed E-state index contributed by atoms with van der Waals surface area (Å²) in [5.74, 6) is -1.84. The lowest BCUT2D eigenvalue weighted by molar-refractivity contribution is 0.0946. The van der Waals surface area contributed by atoms with Gasteiger partial charge in [0, 0.05) is 43.7 Å². The third-order valence-corrected chi connectivity index (χ3v) is 5.82. The minimum absolute atomic E-state index is 0.0723. The average Bonchev–Trinajstić information content (AvgIpc) is 3.25. The number of benzene rings is 2. The number of aromatic nitrogens is 1. The van der Waals surface area contributed by atoms with Crippen LogP contribution in [0.4, 0.5) is 24.0 Å². The predicted molar refractivity (Wildman–Crippen MR) is 110 cm³/mol. The van der Waals surface area contributed by atoms with E-state index in [9.17, 15) is 18.0 Å². The molecule has 30 heavy (non-hydrogen) atoms. The van der Waals surface area contributed by atoms with Gasteiger partial charge in [0.05, 0.1) is 5.69 Å². The van der Waals surface area contributed by atoms with E-state index in [0.717, 1.165) is 18.2 Å². The molecule has 0 spiro atoms. The molecule has 3 aromatic rings. The van der Waals surface area contributed by atoms with Crippen molar-refractivity contribution in [2.45, 2.75) is 6.54 Å². The van der Waals surface area contributed by atoms with Crippen LogP contribution in [0.25, 0.3) is 0 Å². The molecule has 1 fully saturated rings. The second-order valence-electron chi connectivity index (χ2n) is 6.86. The van der Waals surface area contributed by atoms with E-state index in [2.05, 4.69) is 10.3 Å². The molecule has 2 aromatic carbocycles. The monoisotopic (exact) mass is 432 g/mol. The molecule has 9 heteroatoms. The van der Waals surface area contributed by atoms with E-state index in [-0.39, 0.29) is 23.6 Å². The van der Waals surface area contributed by atoms with Gasteiger partial charge in [-0.05, 0) is 30.3 Å². The van der Waals surface area contributed by atoms with Crippen LogP contribution in [-0.2, 0) is 6.54 Å². The Bertz CT molecular complexity index is 1050. The van der Waals surface area contributed by atoms with Gasteiger partial charge in [-0.25, -0.2) is 18.2 Å². The fourth-order valence-electron chi connectivity index (χ4n) is 3.31. The zero-order valence-corrected chi connectivity index (χ0v) is 16.8. The lowest BCUT2D eigenvalue weighted by Gasteiger charge is -2.36. The van der Waals surface area contributed by atoms with Crippen molar-refractivity contribution < 1.29 is 18.0 Å². The van der Waals surface area contributed by atoms with Gasteiger partial charge in [0.15, 0.2) is 5.13 Å². The summed E-state index contributed by atoms with van der Waals surface area (Å²) in [6, 6.07) is 9.79. The first-order valence-corrected chi connectivity index (χ1v) is 10.3. The standard InChI is InChI=1S/C21H19F3N4OS/c22-15-5-6-16(23)14(11-15)12-25-20(29)18-13-30-21(26-18)28-9-7-27(8-10-28)19-4-2-1-3-17(19)24/h1-6,11,13H,7-10,12H2,(H,25,29). The zero-order valence-electron chi connectivity index (χ0n) is 15.9. The molecule has 1 aliphatic rings. The molecule has 0 atom stereocenters. The first kappa shape index (κ1) is 20.2. The molecule has 1 aliphatic heterocycles. The SMILES string of the molecule is O=C(NCc1cc(F)ccc1F)c1csc(N2CCN(c3ccccc3F)CC2)n1. The van der Waals surface area contributed by atoms with E-state index in [1.54, 1.807) is 17.5 Å². The Labute approximate surface area is 175 Å². The number of thiazole rings is 1. The molecule has 0 bridgehead atoms. The average molecular weight is 432 g/mol. The highest BCUT2D eigenvalue weighted by Gasteiger charge is 2.22. The van der Waals surface area contributed by atoms with E-state index in [1.165, 1.54) is 17.4 Å². The predicted octanol–water partition coefficient (Wildman–Crippen LogP) is 3.82. The summed E-state index contributed by atoms with van der Waals surface area (Å²) in [7, 11) is 0. The van der Waals surface area contributed by atoms with Crippen molar-refractivity contribution in [3.8, 4) is 0 Å². The highest BCUT2D eigenvalue weighted by molar-refractivity contribution is 7.13. The van der Waals surface area contributed by atoms with Crippen LogP contribution in [0.1, 0.15) is 16.1 Å². The van der Waals surface area contributed by atoms with E-state index in [1.807, 2.05) is 15.9 Å². The molecule has 1 amide bonds. The number of anilines is 2. The number of carbonyl (C=O) groups is 1. The minimum Gasteiger partial charge on any atom is -0.366 e. The van der Waals surface area contributed by atoms with Crippen molar-refractivity contribution in [3.05, 3.63) is 76.6 Å². The Hall–Kier alpha value is -3.07. The Morgan fingerprint density at radius 3 is 2.50 bits per heavy atom. The quantitative estimate of drug-likeness (QED) is 0.666. The van der Waals surface area contributed by atoms with Gasteiger partial charge in [-0.1, -0.05) is 12.1 Å². The number of carbonyl (C=O) groups excluding carboxylic acids is 1. The summed E-state index contributed by atoms with van der Waals surface area (Å²) in [4.78, 5) is 20.7. The number of rotatable bonds is 5. The molecule has 4 rings (SSSR count). The van der Waals surface area contributed by atoms with Crippen LogP contribution in [0.15, 0.2) is 47.8 Å². The Morgan fingerprint density at radius 1 is 1.00 bits per heavy atom. The van der Waals surface area contributed by atoms with Gasteiger partial charge in [0.2, 0.25) is 0 Å². The van der Waals surface area contributed by atoms with Crippen LogP contribution in [0.5, 0.6) is 0 Å². The number of amides is 1. The highest BCUT2D eigenvalue weighted by atomic mass is 32.1. The largest absolute Gasteiger partial charge is 0.366 e. The van der Waals surface area contributed by atoms with Gasteiger partial charge in [0.25, 0.3) is 5.91 Å². The fourth-order valence-corrected chi connectivity index (χ4v) is 4.16. The first-order valence-electron chi connectivity index (χ1n) is 9.43. The number of halogens is 3. The summed E-state index contributed by atoms with van der Waals surface area (Å²) in [5, 5.41) is 4.90. The Kier molecular flexibility index (Phi) is 5.89. The molecule has 0 saturated carbocycles. The first-order chi connectivity index (χ1) is 14.5. The van der Waals surface area contributed by atoms with Crippen molar-refractivity contribution in [1.82, 2.24) is 10.3 Å². The molecule has 156 valence electrons. The molecule has 0 unspecified atom stereocenters. The highest BCUT2D eigenvalue weighted by Crippen LogP contribution is 2.25. The van der Waals surface area contributed by atoms with Crippen molar-refractivity contribution in [1.29, 1.82) is 0 Å². The van der Waals surface area contributed by atoms with Crippen LogP contribution >= 0.6 is 11.3 Å². The summed E-state index contributed by atoms with van der Waals surface area (Å²) >= 11 is 1.34. The third kappa shape index (κ3) is 4.40. The summed E-state index contributed by atoms with van der Waals surface area (Å²) in [5.41, 5.74) is 0.882. The smallest absolute Gasteiger partial charge is 0.271 e. The van der Waals surface area contributed by atoms with Gasteiger partial charge < -0.3 is 15.1 Å². The molecule has 1 N–H and O–H groups in total. The van der Waals surface area contributed by atoms with Crippen LogP contribution in [-0.4, -0.2) is 37.1 Å². The van der Waals surface area contributed by atoms with Gasteiger partial charge in [-0.2, -0.15) is 0 Å². The fraction of sp³-hybridized carbons (Fsp3) is 0.238. The summed E-state index contributed by atoms with van der Waals surface area (Å²) in [6.45, 7) is 2.45. The number of para-hydroxylation sites is 1. The number of hydrogen-bond donors (Lipinski definition) is 1. The molecule has 1 saturated heterocycles. The molecular formula is C21H19F3N4OS. The van der Waals surface area contributed by atoms with Gasteiger partial charge in [-0.3, -0.25) is 4.79 Å². The number of hydrogen-bond acceptors (Lipinski definition) is 5. The lowest BCUT2D eigenvalue weighted by Crippen LogP contribution is -2.46. The topological polar surface area (TPSA) is 48.5 Å². The molecule has 0 radical (unpaired) electrons. The van der Waals surface area contributed by atoms with Crippen molar-refractivity contribution in [3.63, 3.8) is 0 Å². The number of piperazine rings is 1. The third-order valence-electron chi connectivity index (χ3n) is 4.92. The maximum absolute atomic E-state index is 14.0. The van der Waals surface area contributed by atoms with Crippen molar-refractivity contribution >= 4 is 28.1 Å². The van der Waals surface area contributed by atoms with E-state index in [0.29, 0.717) is 37.0 Å². The number of nitrogens with zero attached hydrogens (tertiary/aromatic N) is 3. The lowest BCUT2D eigenvalue weighted by atomic mass is 10.2. The van der Waals surface area contributed by atoms with E-state index < -0.39 is 17.5 Å². The molecule has 2 heterocycles. The zero-order chi connectivity index (χ0) is 21.1. The van der Waals surface area contributed by atoms with Crippen LogP contribution < -0.4 is 15.1 Å². The van der Waals surface area contributed by atoms with Crippen LogP contribution in [0, 0.1) is 17.5 Å². The Morgan fingerprint density at radius 2 is 1.73 bits per heavy atom. The van der Waals surface area contributed by atoms with E-state index >= 15 is 0 Å². The second-order valence-corrected chi connectivity index (χ2v) is 7.70. The molecule has 5 nitrogen and oxygen atoms in total. The number of nitrogens with one attached hydrogen (secondary N) is 1. The molecule has 1 aromatic heterocycles. The van der Waals surface area contributed by atoms with E-state index in [4.69, 9.17) is 0 Å². The minimum atomic E-state index is -0.580. The van der Waals surface area contributed by atoms with Crippen molar-refractivity contribution in [2.75, 3.05) is 36.0 Å². The summed E-state index contributed by atoms with van der Waals surface area (Å²) in [6.07, 6.45) is 0. The second kappa shape index (κ2) is 8.74. The van der Waals surface area contributed by atoms with Gasteiger partial charge in [0.1, 0.15) is 23.1 Å². The van der Waals surface area contributed by atoms with Crippen molar-refractivity contribution in [2.24, 2.45) is 0 Å². The van der Waals surface area contributed by atoms with Crippen LogP contribution in [0.3, 0.4) is 0 Å². The molecule has 0 aliphatic carbocycles. The maximum Gasteiger partial charge on any atom is 0.271 e. The Balaban J connectivity index is 1.34. The molecular weight excluding hydrogens is 413 g/mol.